The van der Waals surface area contributed by atoms with Crippen molar-refractivity contribution in [1.82, 2.24) is 19.9 Å². The van der Waals surface area contributed by atoms with Gasteiger partial charge in [-0.05, 0) is 31.2 Å². The van der Waals surface area contributed by atoms with Gasteiger partial charge in [0.1, 0.15) is 24.5 Å². The molecule has 21 heavy (non-hydrogen) atoms. The molecule has 2 rings (SSSR count). The summed E-state index contributed by atoms with van der Waals surface area (Å²) in [6.07, 6.45) is 1.31. The Morgan fingerprint density at radius 3 is 2.67 bits per heavy atom. The van der Waals surface area contributed by atoms with Gasteiger partial charge in [0.05, 0.1) is 17.5 Å². The highest BCUT2D eigenvalue weighted by Gasteiger charge is 2.19. The maximum atomic E-state index is 12.2. The van der Waals surface area contributed by atoms with Crippen LogP contribution in [-0.2, 0) is 10.0 Å². The first-order chi connectivity index (χ1) is 10.0. The molecule has 0 spiro atoms. The number of aliphatic hydroxyl groups excluding tert-OH is 1. The number of H-pyrrole nitrogens is 1. The fourth-order valence-corrected chi connectivity index (χ4v) is 2.87. The van der Waals surface area contributed by atoms with Gasteiger partial charge in [-0.15, -0.1) is 0 Å². The zero-order valence-electron chi connectivity index (χ0n) is 11.4. The van der Waals surface area contributed by atoms with Crippen LogP contribution in [-0.4, -0.2) is 41.9 Å². The van der Waals surface area contributed by atoms with Crippen LogP contribution in [0.4, 0.5) is 0 Å². The molecule has 3 N–H and O–H groups in total. The lowest BCUT2D eigenvalue weighted by atomic mass is 10.3. The number of benzene rings is 1. The Morgan fingerprint density at radius 2 is 2.10 bits per heavy atom. The molecule has 0 radical (unpaired) electrons. The lowest BCUT2D eigenvalue weighted by Gasteiger charge is -2.12. The van der Waals surface area contributed by atoms with Crippen LogP contribution in [0.5, 0.6) is 5.75 Å². The molecule has 1 atom stereocenters. The molecule has 0 saturated heterocycles. The van der Waals surface area contributed by atoms with Crippen molar-refractivity contribution in [3.63, 3.8) is 0 Å². The maximum Gasteiger partial charge on any atom is 0.241 e. The van der Waals surface area contributed by atoms with E-state index in [0.29, 0.717) is 11.6 Å². The van der Waals surface area contributed by atoms with Crippen molar-refractivity contribution in [2.24, 2.45) is 0 Å². The van der Waals surface area contributed by atoms with Crippen LogP contribution in [0.15, 0.2) is 35.5 Å². The van der Waals surface area contributed by atoms with E-state index in [9.17, 15) is 8.42 Å². The van der Waals surface area contributed by atoms with Gasteiger partial charge < -0.3 is 9.84 Å². The molecule has 0 fully saturated rings. The van der Waals surface area contributed by atoms with Gasteiger partial charge in [0, 0.05) is 0 Å². The fourth-order valence-electron chi connectivity index (χ4n) is 1.66. The highest BCUT2D eigenvalue weighted by atomic mass is 32.2. The summed E-state index contributed by atoms with van der Waals surface area (Å²) in [5, 5.41) is 14.9. The second-order valence-electron chi connectivity index (χ2n) is 4.26. The Hall–Kier alpha value is -1.97. The summed E-state index contributed by atoms with van der Waals surface area (Å²) in [6.45, 7) is 1.72. The summed E-state index contributed by atoms with van der Waals surface area (Å²) < 4.78 is 32.1. The number of sulfonamides is 1. The minimum atomic E-state index is -3.67. The summed E-state index contributed by atoms with van der Waals surface area (Å²) in [5.41, 5.74) is 0. The van der Waals surface area contributed by atoms with Crippen molar-refractivity contribution in [2.45, 2.75) is 17.9 Å². The molecule has 9 heteroatoms. The van der Waals surface area contributed by atoms with Crippen molar-refractivity contribution in [3.05, 3.63) is 36.4 Å². The van der Waals surface area contributed by atoms with E-state index in [-0.39, 0.29) is 18.1 Å². The summed E-state index contributed by atoms with van der Waals surface area (Å²) in [5.74, 6) is 0.924. The maximum absolute atomic E-state index is 12.2. The van der Waals surface area contributed by atoms with Gasteiger partial charge in [0.15, 0.2) is 0 Å². The van der Waals surface area contributed by atoms with Crippen LogP contribution in [0.3, 0.4) is 0 Å². The van der Waals surface area contributed by atoms with Crippen LogP contribution < -0.4 is 9.46 Å². The zero-order valence-corrected chi connectivity index (χ0v) is 12.2. The molecule has 0 aliphatic carbocycles. The number of ether oxygens (including phenoxy) is 1. The fraction of sp³-hybridized carbons (Fsp3) is 0.333. The molecule has 0 bridgehead atoms. The number of hydrogen-bond acceptors (Lipinski definition) is 6. The number of aliphatic hydroxyl groups is 1. The number of nitrogens with zero attached hydrogens (tertiary/aromatic N) is 2. The molecule has 1 aromatic heterocycles. The first-order valence-electron chi connectivity index (χ1n) is 6.24. The minimum Gasteiger partial charge on any atom is -0.491 e. The third kappa shape index (κ3) is 4.00. The number of aromatic amines is 1. The molecular formula is C12H16N4O4S. The Kier molecular flexibility index (Phi) is 4.89. The standard InChI is InChI=1S/C12H16N4O4S/c1-9(12-13-8-14-15-12)16-21(18,19)11-4-2-10(3-5-11)20-7-6-17/h2-5,8-9,16-17H,6-7H2,1H3,(H,13,14,15). The van der Waals surface area contributed by atoms with Gasteiger partial charge in [0.25, 0.3) is 0 Å². The Balaban J connectivity index is 2.08. The molecule has 0 amide bonds. The molecule has 114 valence electrons. The van der Waals surface area contributed by atoms with Crippen molar-refractivity contribution in [1.29, 1.82) is 0 Å². The SMILES string of the molecule is CC(NS(=O)(=O)c1ccc(OCCO)cc1)c1ncn[nH]1. The van der Waals surface area contributed by atoms with Gasteiger partial charge in [-0.25, -0.2) is 18.1 Å². The number of hydrogen-bond donors (Lipinski definition) is 3. The summed E-state index contributed by atoms with van der Waals surface area (Å²) in [6, 6.07) is 5.40. The van der Waals surface area contributed by atoms with Crippen molar-refractivity contribution < 1.29 is 18.3 Å². The first-order valence-corrected chi connectivity index (χ1v) is 7.72. The quantitative estimate of drug-likeness (QED) is 0.673. The zero-order chi connectivity index (χ0) is 15.3. The van der Waals surface area contributed by atoms with E-state index in [1.54, 1.807) is 6.92 Å². The predicted octanol–water partition coefficient (Wildman–Crippen LogP) is 0.215. The van der Waals surface area contributed by atoms with Crippen LogP contribution in [0, 0.1) is 0 Å². The van der Waals surface area contributed by atoms with E-state index in [2.05, 4.69) is 19.9 Å². The second kappa shape index (κ2) is 6.66. The van der Waals surface area contributed by atoms with Crippen molar-refractivity contribution >= 4 is 10.0 Å². The van der Waals surface area contributed by atoms with E-state index in [0.717, 1.165) is 0 Å². The summed E-state index contributed by atoms with van der Waals surface area (Å²) in [7, 11) is -3.67. The minimum absolute atomic E-state index is 0.101. The smallest absolute Gasteiger partial charge is 0.241 e. The van der Waals surface area contributed by atoms with Crippen molar-refractivity contribution in [3.8, 4) is 5.75 Å². The molecule has 1 heterocycles. The highest BCUT2D eigenvalue weighted by molar-refractivity contribution is 7.89. The molecule has 8 nitrogen and oxygen atoms in total. The van der Waals surface area contributed by atoms with Crippen LogP contribution in [0.2, 0.25) is 0 Å². The van der Waals surface area contributed by atoms with Crippen LogP contribution >= 0.6 is 0 Å². The highest BCUT2D eigenvalue weighted by Crippen LogP contribution is 2.18. The number of aromatic nitrogens is 3. The van der Waals surface area contributed by atoms with E-state index < -0.39 is 16.1 Å². The second-order valence-corrected chi connectivity index (χ2v) is 5.97. The molecule has 2 aromatic rings. The molecule has 0 aliphatic heterocycles. The largest absolute Gasteiger partial charge is 0.491 e. The van der Waals surface area contributed by atoms with Gasteiger partial charge in [-0.2, -0.15) is 5.10 Å². The van der Waals surface area contributed by atoms with Gasteiger partial charge in [-0.3, -0.25) is 5.10 Å². The van der Waals surface area contributed by atoms with Gasteiger partial charge in [0.2, 0.25) is 10.0 Å². The molecular weight excluding hydrogens is 296 g/mol. The third-order valence-electron chi connectivity index (χ3n) is 2.67. The lowest BCUT2D eigenvalue weighted by molar-refractivity contribution is 0.201. The average Bonchev–Trinajstić information content (AvgIpc) is 2.99. The van der Waals surface area contributed by atoms with E-state index in [4.69, 9.17) is 9.84 Å². The van der Waals surface area contributed by atoms with E-state index in [1.165, 1.54) is 30.6 Å². The Labute approximate surface area is 122 Å². The Morgan fingerprint density at radius 1 is 1.38 bits per heavy atom. The number of rotatable bonds is 7. The molecule has 1 unspecified atom stereocenters. The summed E-state index contributed by atoms with van der Waals surface area (Å²) in [4.78, 5) is 4.02. The predicted molar refractivity (Wildman–Crippen MR) is 74.1 cm³/mol. The molecule has 1 aromatic carbocycles. The normalized spacial score (nSPS) is 13.0. The van der Waals surface area contributed by atoms with Crippen LogP contribution in [0.25, 0.3) is 0 Å². The van der Waals surface area contributed by atoms with Crippen LogP contribution in [0.1, 0.15) is 18.8 Å². The van der Waals surface area contributed by atoms with Crippen molar-refractivity contribution in [2.75, 3.05) is 13.2 Å². The topological polar surface area (TPSA) is 117 Å². The average molecular weight is 312 g/mol. The first kappa shape index (κ1) is 15.4. The number of nitrogens with one attached hydrogen (secondary N) is 2. The van der Waals surface area contributed by atoms with E-state index in [1.807, 2.05) is 0 Å². The summed E-state index contributed by atoms with van der Waals surface area (Å²) >= 11 is 0. The molecule has 0 saturated carbocycles. The van der Waals surface area contributed by atoms with E-state index >= 15 is 0 Å². The molecule has 0 aliphatic rings. The van der Waals surface area contributed by atoms with Gasteiger partial charge in [-0.1, -0.05) is 0 Å². The van der Waals surface area contributed by atoms with Gasteiger partial charge >= 0.3 is 0 Å². The monoisotopic (exact) mass is 312 g/mol. The third-order valence-corrected chi connectivity index (χ3v) is 4.23. The Bertz CT molecular complexity index is 655. The lowest BCUT2D eigenvalue weighted by Crippen LogP contribution is -2.27.